The van der Waals surface area contributed by atoms with Crippen LogP contribution >= 0.6 is 0 Å². The van der Waals surface area contributed by atoms with Crippen LogP contribution in [0.2, 0.25) is 0 Å². The average molecular weight is 524 g/mol. The summed E-state index contributed by atoms with van der Waals surface area (Å²) < 4.78 is 84.6. The molecule has 0 aliphatic carbocycles. The highest BCUT2D eigenvalue weighted by Gasteiger charge is 2.37. The maximum Gasteiger partial charge on any atom is 0.416 e. The van der Waals surface area contributed by atoms with Crippen molar-refractivity contribution in [2.75, 3.05) is 36.4 Å². The van der Waals surface area contributed by atoms with Gasteiger partial charge in [-0.15, -0.1) is 0 Å². The predicted molar refractivity (Wildman–Crippen MR) is 124 cm³/mol. The Hall–Kier alpha value is -3.96. The van der Waals surface area contributed by atoms with E-state index in [4.69, 9.17) is 4.74 Å². The second-order valence-electron chi connectivity index (χ2n) is 8.31. The zero-order valence-electron chi connectivity index (χ0n) is 19.3. The van der Waals surface area contributed by atoms with Crippen LogP contribution in [-0.4, -0.2) is 42.1 Å². The molecule has 2 amide bonds. The van der Waals surface area contributed by atoms with E-state index in [0.717, 1.165) is 11.3 Å². The standard InChI is InChI=1S/C25H22F6N4O2/c26-24(27,28)18-13-19(25(29,30)31)15-20(14-18)33-23(36)35-11-9-34(10-12-35)21-3-1-2-4-22(21)37-16-17-5-7-32-8-6-17/h1-8,13-15H,9-12,16H2,(H,33,36). The summed E-state index contributed by atoms with van der Waals surface area (Å²) in [6.45, 7) is 1.52. The maximum atomic E-state index is 13.1. The van der Waals surface area contributed by atoms with Gasteiger partial charge in [0.15, 0.2) is 0 Å². The van der Waals surface area contributed by atoms with E-state index < -0.39 is 35.2 Å². The van der Waals surface area contributed by atoms with Crippen LogP contribution in [0.1, 0.15) is 16.7 Å². The largest absolute Gasteiger partial charge is 0.487 e. The van der Waals surface area contributed by atoms with Crippen molar-refractivity contribution < 1.29 is 35.9 Å². The molecule has 2 heterocycles. The number of hydrogen-bond acceptors (Lipinski definition) is 4. The summed E-state index contributed by atoms with van der Waals surface area (Å²) in [5, 5.41) is 2.18. The first-order valence-electron chi connectivity index (χ1n) is 11.2. The van der Waals surface area contributed by atoms with Gasteiger partial charge in [-0.05, 0) is 48.0 Å². The van der Waals surface area contributed by atoms with Crippen molar-refractivity contribution >= 4 is 17.4 Å². The van der Waals surface area contributed by atoms with Crippen molar-refractivity contribution in [1.82, 2.24) is 9.88 Å². The second-order valence-corrected chi connectivity index (χ2v) is 8.31. The lowest BCUT2D eigenvalue weighted by Crippen LogP contribution is -2.50. The third kappa shape index (κ3) is 6.63. The number of urea groups is 1. The molecular weight excluding hydrogens is 502 g/mol. The summed E-state index contributed by atoms with van der Waals surface area (Å²) in [4.78, 5) is 20.0. The number of nitrogens with one attached hydrogen (secondary N) is 1. The van der Waals surface area contributed by atoms with Gasteiger partial charge in [-0.1, -0.05) is 12.1 Å². The van der Waals surface area contributed by atoms with Crippen molar-refractivity contribution in [2.45, 2.75) is 19.0 Å². The Bertz CT molecular complexity index is 1190. The highest BCUT2D eigenvalue weighted by molar-refractivity contribution is 5.89. The highest BCUT2D eigenvalue weighted by atomic mass is 19.4. The van der Waals surface area contributed by atoms with Crippen LogP contribution in [0, 0.1) is 0 Å². The van der Waals surface area contributed by atoms with Crippen LogP contribution in [0.25, 0.3) is 0 Å². The fourth-order valence-corrected chi connectivity index (χ4v) is 3.86. The molecule has 0 unspecified atom stereocenters. The third-order valence-corrected chi connectivity index (χ3v) is 5.76. The Balaban J connectivity index is 1.40. The quantitative estimate of drug-likeness (QED) is 0.413. The summed E-state index contributed by atoms with van der Waals surface area (Å²) in [5.41, 5.74) is -1.82. The number of amides is 2. The van der Waals surface area contributed by atoms with Gasteiger partial charge >= 0.3 is 18.4 Å². The molecule has 0 atom stereocenters. The number of rotatable bonds is 5. The van der Waals surface area contributed by atoms with E-state index in [2.05, 4.69) is 10.3 Å². The van der Waals surface area contributed by atoms with E-state index in [1.165, 1.54) is 4.90 Å². The molecule has 3 aromatic rings. The molecule has 0 spiro atoms. The summed E-state index contributed by atoms with van der Waals surface area (Å²) >= 11 is 0. The molecule has 12 heteroatoms. The van der Waals surface area contributed by atoms with E-state index in [0.29, 0.717) is 37.6 Å². The Morgan fingerprint density at radius 1 is 0.865 bits per heavy atom. The van der Waals surface area contributed by atoms with Gasteiger partial charge in [-0.3, -0.25) is 4.98 Å². The summed E-state index contributed by atoms with van der Waals surface area (Å²) in [5.74, 6) is 0.640. The predicted octanol–water partition coefficient (Wildman–Crippen LogP) is 6.05. The fraction of sp³-hybridized carbons (Fsp3) is 0.280. The zero-order valence-corrected chi connectivity index (χ0v) is 19.3. The number of hydrogen-bond donors (Lipinski definition) is 1. The van der Waals surface area contributed by atoms with E-state index in [-0.39, 0.29) is 19.2 Å². The van der Waals surface area contributed by atoms with Crippen LogP contribution in [0.4, 0.5) is 42.5 Å². The number of para-hydroxylation sites is 2. The molecule has 1 saturated heterocycles. The van der Waals surface area contributed by atoms with Gasteiger partial charge in [0.2, 0.25) is 0 Å². The normalized spacial score (nSPS) is 14.4. The van der Waals surface area contributed by atoms with Gasteiger partial charge < -0.3 is 19.9 Å². The SMILES string of the molecule is O=C(Nc1cc(C(F)(F)F)cc(C(F)(F)F)c1)N1CCN(c2ccccc2OCc2ccncc2)CC1. The Morgan fingerprint density at radius 3 is 2.05 bits per heavy atom. The minimum Gasteiger partial charge on any atom is -0.487 e. The lowest BCUT2D eigenvalue weighted by molar-refractivity contribution is -0.143. The number of nitrogens with zero attached hydrogens (tertiary/aromatic N) is 3. The van der Waals surface area contributed by atoms with Crippen LogP contribution in [-0.2, 0) is 19.0 Å². The Kier molecular flexibility index (Phi) is 7.46. The van der Waals surface area contributed by atoms with Gasteiger partial charge in [-0.25, -0.2) is 4.79 Å². The van der Waals surface area contributed by atoms with Crippen molar-refractivity contribution in [3.05, 3.63) is 83.7 Å². The molecule has 196 valence electrons. The van der Waals surface area contributed by atoms with Gasteiger partial charge in [0.25, 0.3) is 0 Å². The van der Waals surface area contributed by atoms with E-state index in [1.807, 2.05) is 41.3 Å². The molecule has 1 N–H and O–H groups in total. The minimum atomic E-state index is -5.00. The lowest BCUT2D eigenvalue weighted by Gasteiger charge is -2.36. The lowest BCUT2D eigenvalue weighted by atomic mass is 10.1. The monoisotopic (exact) mass is 524 g/mol. The van der Waals surface area contributed by atoms with Crippen LogP contribution < -0.4 is 15.0 Å². The number of halogens is 6. The van der Waals surface area contributed by atoms with Gasteiger partial charge in [0.1, 0.15) is 12.4 Å². The first-order valence-corrected chi connectivity index (χ1v) is 11.2. The van der Waals surface area contributed by atoms with Gasteiger partial charge in [0, 0.05) is 44.3 Å². The molecule has 0 bridgehead atoms. The van der Waals surface area contributed by atoms with Crippen molar-refractivity contribution in [3.8, 4) is 5.75 Å². The Morgan fingerprint density at radius 2 is 1.46 bits per heavy atom. The van der Waals surface area contributed by atoms with E-state index in [1.54, 1.807) is 12.4 Å². The van der Waals surface area contributed by atoms with Gasteiger partial charge in [-0.2, -0.15) is 26.3 Å². The molecule has 1 aromatic heterocycles. The number of piperazine rings is 1. The molecule has 1 aliphatic heterocycles. The number of pyridine rings is 1. The molecule has 2 aromatic carbocycles. The van der Waals surface area contributed by atoms with E-state index >= 15 is 0 Å². The molecule has 37 heavy (non-hydrogen) atoms. The third-order valence-electron chi connectivity index (χ3n) is 5.76. The molecule has 1 fully saturated rings. The zero-order chi connectivity index (χ0) is 26.6. The van der Waals surface area contributed by atoms with Crippen LogP contribution in [0.15, 0.2) is 67.0 Å². The summed E-state index contributed by atoms with van der Waals surface area (Å²) in [6.07, 6.45) is -6.67. The molecule has 0 radical (unpaired) electrons. The van der Waals surface area contributed by atoms with E-state index in [9.17, 15) is 31.1 Å². The van der Waals surface area contributed by atoms with Crippen LogP contribution in [0.3, 0.4) is 0 Å². The highest BCUT2D eigenvalue weighted by Crippen LogP contribution is 2.37. The van der Waals surface area contributed by atoms with Crippen LogP contribution in [0.5, 0.6) is 5.75 Å². The van der Waals surface area contributed by atoms with Crippen molar-refractivity contribution in [2.24, 2.45) is 0 Å². The number of carbonyl (C=O) groups excluding carboxylic acids is 1. The topological polar surface area (TPSA) is 57.7 Å². The molecule has 0 saturated carbocycles. The maximum absolute atomic E-state index is 13.1. The van der Waals surface area contributed by atoms with Gasteiger partial charge in [0.05, 0.1) is 16.8 Å². The summed E-state index contributed by atoms with van der Waals surface area (Å²) in [6, 6.07) is 11.3. The fourth-order valence-electron chi connectivity index (χ4n) is 3.86. The summed E-state index contributed by atoms with van der Waals surface area (Å²) in [7, 11) is 0. The molecule has 6 nitrogen and oxygen atoms in total. The number of carbonyl (C=O) groups is 1. The van der Waals surface area contributed by atoms with Crippen molar-refractivity contribution in [1.29, 1.82) is 0 Å². The molecule has 4 rings (SSSR count). The smallest absolute Gasteiger partial charge is 0.416 e. The number of anilines is 2. The first kappa shape index (κ1) is 26.1. The average Bonchev–Trinajstić information content (AvgIpc) is 2.87. The second kappa shape index (κ2) is 10.6. The number of ether oxygens (including phenoxy) is 1. The Labute approximate surface area is 208 Å². The molecular formula is C25H22F6N4O2. The first-order chi connectivity index (χ1) is 17.5. The number of alkyl halides is 6. The minimum absolute atomic E-state index is 0.0165. The number of benzene rings is 2. The molecule has 1 aliphatic rings. The number of aromatic nitrogens is 1. The van der Waals surface area contributed by atoms with Crippen molar-refractivity contribution in [3.63, 3.8) is 0 Å².